The van der Waals surface area contributed by atoms with Crippen LogP contribution in [0, 0.1) is 55.4 Å². The van der Waals surface area contributed by atoms with Crippen molar-refractivity contribution in [1.82, 2.24) is 0 Å². The Hall–Kier alpha value is -3.12. The summed E-state index contributed by atoms with van der Waals surface area (Å²) in [6.07, 6.45) is 0. The molecule has 0 amide bonds. The molecule has 0 aliphatic carbocycles. The Morgan fingerprint density at radius 3 is 0.914 bits per heavy atom. The molecule has 4 rings (SSSR count). The van der Waals surface area contributed by atoms with Crippen molar-refractivity contribution in [3.8, 4) is 11.1 Å². The largest absolute Gasteiger partial charge is 0.0587 e. The summed E-state index contributed by atoms with van der Waals surface area (Å²) in [5, 5.41) is 0. The van der Waals surface area contributed by atoms with Gasteiger partial charge in [0.05, 0.1) is 0 Å². The summed E-state index contributed by atoms with van der Waals surface area (Å²) in [7, 11) is 0. The van der Waals surface area contributed by atoms with Crippen LogP contribution >= 0.6 is 0 Å². The molecule has 0 heteroatoms. The van der Waals surface area contributed by atoms with Crippen molar-refractivity contribution in [3.05, 3.63) is 128 Å². The van der Waals surface area contributed by atoms with Crippen molar-refractivity contribution in [3.63, 3.8) is 0 Å². The molecule has 0 aliphatic heterocycles. The Morgan fingerprint density at radius 1 is 0.400 bits per heavy atom. The molecule has 0 radical (unpaired) electrons. The van der Waals surface area contributed by atoms with Gasteiger partial charge in [-0.1, -0.05) is 97.8 Å². The van der Waals surface area contributed by atoms with E-state index < -0.39 is 0 Å². The summed E-state index contributed by atoms with van der Waals surface area (Å²) >= 11 is 0. The normalized spacial score (nSPS) is 11.1. The molecular formula is C35H42. The van der Waals surface area contributed by atoms with E-state index in [4.69, 9.17) is 0 Å². The molecular weight excluding hydrogens is 420 g/mol. The van der Waals surface area contributed by atoms with Gasteiger partial charge in [-0.25, -0.2) is 0 Å². The van der Waals surface area contributed by atoms with Crippen molar-refractivity contribution in [2.75, 3.05) is 0 Å². The second kappa shape index (κ2) is 10.6. The lowest BCUT2D eigenvalue weighted by molar-refractivity contribution is 0.637. The smallest absolute Gasteiger partial charge is 0.0146 e. The Kier molecular flexibility index (Phi) is 8.06. The van der Waals surface area contributed by atoms with E-state index >= 15 is 0 Å². The number of hydrogen-bond acceptors (Lipinski definition) is 0. The van der Waals surface area contributed by atoms with Crippen LogP contribution in [0.15, 0.2) is 72.8 Å². The lowest BCUT2D eigenvalue weighted by Gasteiger charge is -2.29. The minimum atomic E-state index is 0.0342. The van der Waals surface area contributed by atoms with Gasteiger partial charge in [-0.2, -0.15) is 0 Å². The average molecular weight is 463 g/mol. The van der Waals surface area contributed by atoms with E-state index in [9.17, 15) is 0 Å². The summed E-state index contributed by atoms with van der Waals surface area (Å²) in [5.41, 5.74) is 16.4. The van der Waals surface area contributed by atoms with Crippen LogP contribution in [0.1, 0.15) is 69.5 Å². The van der Waals surface area contributed by atoms with Crippen molar-refractivity contribution >= 4 is 0 Å². The first kappa shape index (κ1) is 26.5. The first-order valence-corrected chi connectivity index (χ1v) is 12.7. The number of hydrogen-bond donors (Lipinski definition) is 0. The first-order chi connectivity index (χ1) is 16.4. The summed E-state index contributed by atoms with van der Waals surface area (Å²) in [4.78, 5) is 0. The van der Waals surface area contributed by atoms with Gasteiger partial charge in [-0.05, 0) is 111 Å². The third-order valence-electron chi connectivity index (χ3n) is 7.73. The van der Waals surface area contributed by atoms with E-state index in [1.54, 1.807) is 0 Å². The Balaban J connectivity index is 0.000000211. The fourth-order valence-corrected chi connectivity index (χ4v) is 4.45. The highest BCUT2D eigenvalue weighted by Gasteiger charge is 2.25. The Labute approximate surface area is 214 Å². The molecule has 4 aromatic carbocycles. The van der Waals surface area contributed by atoms with Crippen LogP contribution in [0.25, 0.3) is 11.1 Å². The summed E-state index contributed by atoms with van der Waals surface area (Å²) in [6.45, 7) is 22.2. The molecule has 0 aliphatic rings. The predicted octanol–water partition coefficient (Wildman–Crippen LogP) is 9.83. The van der Waals surface area contributed by atoms with Crippen molar-refractivity contribution < 1.29 is 0 Å². The van der Waals surface area contributed by atoms with Gasteiger partial charge in [0, 0.05) is 5.41 Å². The van der Waals surface area contributed by atoms with Crippen molar-refractivity contribution in [1.29, 1.82) is 0 Å². The highest BCUT2D eigenvalue weighted by atomic mass is 14.3. The topological polar surface area (TPSA) is 0 Å². The molecule has 4 aromatic rings. The molecule has 0 bridgehead atoms. The second-order valence-electron chi connectivity index (χ2n) is 10.8. The minimum Gasteiger partial charge on any atom is -0.0587 e. The van der Waals surface area contributed by atoms with Crippen molar-refractivity contribution in [2.45, 2.75) is 74.7 Å². The van der Waals surface area contributed by atoms with E-state index in [-0.39, 0.29) is 5.41 Å². The zero-order chi connectivity index (χ0) is 25.9. The van der Waals surface area contributed by atoms with E-state index in [1.165, 1.54) is 66.8 Å². The monoisotopic (exact) mass is 462 g/mol. The molecule has 0 atom stereocenters. The van der Waals surface area contributed by atoms with Gasteiger partial charge in [-0.3, -0.25) is 0 Å². The van der Waals surface area contributed by atoms with Gasteiger partial charge in [0.2, 0.25) is 0 Å². The lowest BCUT2D eigenvalue weighted by atomic mass is 9.75. The second-order valence-corrected chi connectivity index (χ2v) is 10.8. The third kappa shape index (κ3) is 6.12. The molecule has 0 aromatic heterocycles. The molecule has 0 N–H and O–H groups in total. The third-order valence-corrected chi connectivity index (χ3v) is 7.73. The fraction of sp³-hybridized carbons (Fsp3) is 0.314. The molecule has 0 unspecified atom stereocenters. The van der Waals surface area contributed by atoms with Crippen LogP contribution in [-0.4, -0.2) is 0 Å². The maximum absolute atomic E-state index is 2.35. The average Bonchev–Trinajstić information content (AvgIpc) is 2.82. The molecule has 35 heavy (non-hydrogen) atoms. The number of aryl methyl sites for hydroxylation is 6. The molecule has 0 heterocycles. The molecule has 0 fully saturated rings. The Bertz CT molecular complexity index is 1150. The summed E-state index contributed by atoms with van der Waals surface area (Å²) in [5.74, 6) is 0. The zero-order valence-electron chi connectivity index (χ0n) is 23.4. The summed E-state index contributed by atoms with van der Waals surface area (Å²) < 4.78 is 0. The van der Waals surface area contributed by atoms with Crippen molar-refractivity contribution in [2.24, 2.45) is 0 Å². The van der Waals surface area contributed by atoms with E-state index in [1.807, 2.05) is 0 Å². The van der Waals surface area contributed by atoms with E-state index in [2.05, 4.69) is 142 Å². The number of rotatable bonds is 3. The van der Waals surface area contributed by atoms with Crippen LogP contribution in [0.4, 0.5) is 0 Å². The minimum absolute atomic E-state index is 0.0342. The van der Waals surface area contributed by atoms with Crippen LogP contribution in [-0.2, 0) is 5.41 Å². The predicted molar refractivity (Wildman–Crippen MR) is 155 cm³/mol. The van der Waals surface area contributed by atoms with Crippen LogP contribution < -0.4 is 0 Å². The maximum atomic E-state index is 2.35. The molecule has 0 saturated carbocycles. The highest BCUT2D eigenvalue weighted by Crippen LogP contribution is 2.35. The van der Waals surface area contributed by atoms with Crippen LogP contribution in [0.2, 0.25) is 0 Å². The van der Waals surface area contributed by atoms with Gasteiger partial charge in [0.1, 0.15) is 0 Å². The fourth-order valence-electron chi connectivity index (χ4n) is 4.45. The van der Waals surface area contributed by atoms with E-state index in [0.717, 1.165) is 0 Å². The SMILES string of the molecule is Cc1cc(C(C)(C)c2cc(C)c(C)c(C)c2)cc(C)c1C.Cc1ccc(-c2ccc(C)cc2)cc1. The molecule has 182 valence electrons. The van der Waals surface area contributed by atoms with Crippen LogP contribution in [0.3, 0.4) is 0 Å². The van der Waals surface area contributed by atoms with Gasteiger partial charge in [0.15, 0.2) is 0 Å². The van der Waals surface area contributed by atoms with Gasteiger partial charge in [-0.15, -0.1) is 0 Å². The maximum Gasteiger partial charge on any atom is 0.0146 e. The zero-order valence-corrected chi connectivity index (χ0v) is 23.4. The molecule has 0 nitrogen and oxygen atoms in total. The van der Waals surface area contributed by atoms with E-state index in [0.29, 0.717) is 0 Å². The summed E-state index contributed by atoms with van der Waals surface area (Å²) in [6, 6.07) is 26.7. The quantitative estimate of drug-likeness (QED) is 0.284. The van der Waals surface area contributed by atoms with Gasteiger partial charge in [0.25, 0.3) is 0 Å². The molecule has 0 saturated heterocycles. The Morgan fingerprint density at radius 2 is 0.657 bits per heavy atom. The van der Waals surface area contributed by atoms with Crippen LogP contribution in [0.5, 0.6) is 0 Å². The highest BCUT2D eigenvalue weighted by molar-refractivity contribution is 5.63. The van der Waals surface area contributed by atoms with Gasteiger partial charge >= 0.3 is 0 Å². The lowest BCUT2D eigenvalue weighted by Crippen LogP contribution is -2.20. The number of benzene rings is 4. The van der Waals surface area contributed by atoms with Gasteiger partial charge < -0.3 is 0 Å². The first-order valence-electron chi connectivity index (χ1n) is 12.7. The molecule has 0 spiro atoms. The standard InChI is InChI=1S/C21H28.C14H14/c1-13-9-19(10-14(2)17(13)5)21(7,8)20-11-15(3)18(6)16(4)12-20;1-11-3-7-13(8-4-11)14-9-5-12(2)6-10-14/h9-12H,1-8H3;3-10H,1-2H3.